The Morgan fingerprint density at radius 1 is 1.41 bits per heavy atom. The van der Waals surface area contributed by atoms with Gasteiger partial charge in [0, 0.05) is 38.5 Å². The van der Waals surface area contributed by atoms with Gasteiger partial charge >= 0.3 is 0 Å². The zero-order valence-electron chi connectivity index (χ0n) is 13.3. The molecular weight excluding hydrogens is 280 g/mol. The number of fused-ring (bicyclic) bond motifs is 1. The first-order valence-corrected chi connectivity index (χ1v) is 8.01. The lowest BCUT2D eigenvalue weighted by atomic mass is 9.99. The van der Waals surface area contributed by atoms with E-state index in [-0.39, 0.29) is 5.56 Å². The molecule has 3 rings (SSSR count). The molecule has 1 aliphatic rings. The second-order valence-corrected chi connectivity index (χ2v) is 6.14. The van der Waals surface area contributed by atoms with Crippen LogP contribution in [0.1, 0.15) is 31.7 Å². The molecule has 0 aliphatic carbocycles. The van der Waals surface area contributed by atoms with Gasteiger partial charge < -0.3 is 14.7 Å². The van der Waals surface area contributed by atoms with Gasteiger partial charge in [0.05, 0.1) is 17.9 Å². The van der Waals surface area contributed by atoms with E-state index in [2.05, 4.69) is 26.8 Å². The van der Waals surface area contributed by atoms with Gasteiger partial charge in [0.2, 0.25) is 0 Å². The van der Waals surface area contributed by atoms with Crippen molar-refractivity contribution in [2.45, 2.75) is 38.8 Å². The van der Waals surface area contributed by atoms with Crippen LogP contribution in [-0.2, 0) is 11.3 Å². The van der Waals surface area contributed by atoms with Crippen molar-refractivity contribution in [3.63, 3.8) is 0 Å². The number of rotatable bonds is 6. The number of unbranched alkanes of at least 4 members (excludes halogenated alkanes) is 1. The molecule has 2 unspecified atom stereocenters. The van der Waals surface area contributed by atoms with Crippen LogP contribution in [-0.4, -0.2) is 46.2 Å². The second-order valence-electron chi connectivity index (χ2n) is 6.14. The highest BCUT2D eigenvalue weighted by molar-refractivity contribution is 5.77. The molecule has 2 N–H and O–H groups in total. The van der Waals surface area contributed by atoms with Gasteiger partial charge in [-0.25, -0.2) is 4.98 Å². The Labute approximate surface area is 129 Å². The molecule has 6 nitrogen and oxygen atoms in total. The summed E-state index contributed by atoms with van der Waals surface area (Å²) in [5.41, 5.74) is 2.29. The van der Waals surface area contributed by atoms with Gasteiger partial charge in [0.15, 0.2) is 0 Å². The summed E-state index contributed by atoms with van der Waals surface area (Å²) >= 11 is 0. The summed E-state index contributed by atoms with van der Waals surface area (Å²) in [6.07, 6.45) is 7.37. The molecular formula is C16H24N4O2. The number of aromatic amines is 2. The van der Waals surface area contributed by atoms with Gasteiger partial charge in [-0.2, -0.15) is 0 Å². The van der Waals surface area contributed by atoms with Crippen molar-refractivity contribution in [2.24, 2.45) is 5.92 Å². The molecule has 22 heavy (non-hydrogen) atoms. The molecule has 0 aromatic carbocycles. The van der Waals surface area contributed by atoms with Crippen molar-refractivity contribution >= 4 is 11.0 Å². The maximum Gasteiger partial charge on any atom is 0.275 e. The largest absolute Gasteiger partial charge is 0.380 e. The summed E-state index contributed by atoms with van der Waals surface area (Å²) in [5.74, 6) is 0.603. The Bertz CT molecular complexity index is 678. The van der Waals surface area contributed by atoms with E-state index >= 15 is 0 Å². The molecule has 0 amide bonds. The smallest absolute Gasteiger partial charge is 0.275 e. The highest BCUT2D eigenvalue weighted by Crippen LogP contribution is 2.26. The number of nitrogens with zero attached hydrogens (tertiary/aromatic N) is 2. The van der Waals surface area contributed by atoms with Crippen LogP contribution in [0.25, 0.3) is 11.0 Å². The molecule has 2 aromatic heterocycles. The van der Waals surface area contributed by atoms with E-state index in [4.69, 9.17) is 4.74 Å². The topological polar surface area (TPSA) is 74.0 Å². The lowest BCUT2D eigenvalue weighted by molar-refractivity contribution is 0.0749. The third-order valence-electron chi connectivity index (χ3n) is 4.63. The van der Waals surface area contributed by atoms with E-state index in [1.54, 1.807) is 7.11 Å². The zero-order valence-corrected chi connectivity index (χ0v) is 13.3. The number of hydrogen-bond acceptors (Lipinski definition) is 4. The summed E-state index contributed by atoms with van der Waals surface area (Å²) in [4.78, 5) is 24.1. The maximum atomic E-state index is 11.7. The summed E-state index contributed by atoms with van der Waals surface area (Å²) in [6.45, 7) is 5.03. The number of H-pyrrole nitrogens is 2. The quantitative estimate of drug-likeness (QED) is 0.854. The van der Waals surface area contributed by atoms with Gasteiger partial charge in [0.25, 0.3) is 5.56 Å². The molecule has 0 radical (unpaired) electrons. The average Bonchev–Trinajstić information content (AvgIpc) is 3.11. The second kappa shape index (κ2) is 6.62. The van der Waals surface area contributed by atoms with Crippen LogP contribution in [0.15, 0.2) is 17.3 Å². The highest BCUT2D eigenvalue weighted by atomic mass is 16.5. The number of ether oxygens (including phenoxy) is 1. The molecule has 120 valence electrons. The zero-order chi connectivity index (χ0) is 15.5. The molecule has 1 saturated heterocycles. The van der Waals surface area contributed by atoms with Crippen molar-refractivity contribution in [3.05, 3.63) is 28.4 Å². The van der Waals surface area contributed by atoms with Gasteiger partial charge in [0.1, 0.15) is 5.52 Å². The molecule has 0 spiro atoms. The fourth-order valence-electron chi connectivity index (χ4n) is 3.43. The minimum Gasteiger partial charge on any atom is -0.380 e. The monoisotopic (exact) mass is 304 g/mol. The molecule has 0 saturated carbocycles. The lowest BCUT2D eigenvalue weighted by Gasteiger charge is -2.15. The van der Waals surface area contributed by atoms with E-state index in [0.717, 1.165) is 30.7 Å². The molecule has 2 aromatic rings. The molecule has 1 aliphatic heterocycles. The molecule has 2 atom stereocenters. The van der Waals surface area contributed by atoms with Crippen molar-refractivity contribution in [2.75, 3.05) is 20.2 Å². The third-order valence-corrected chi connectivity index (χ3v) is 4.63. The van der Waals surface area contributed by atoms with E-state index < -0.39 is 0 Å². The Balaban J connectivity index is 1.73. The van der Waals surface area contributed by atoms with Gasteiger partial charge in [-0.3, -0.25) is 9.69 Å². The molecule has 0 bridgehead atoms. The molecule has 1 fully saturated rings. The minimum absolute atomic E-state index is 0.117. The number of nitrogens with one attached hydrogen (secondary N) is 2. The highest BCUT2D eigenvalue weighted by Gasteiger charge is 2.32. The first-order valence-electron chi connectivity index (χ1n) is 8.01. The van der Waals surface area contributed by atoms with E-state index in [1.165, 1.54) is 25.6 Å². The normalized spacial score (nSPS) is 22.6. The number of likely N-dealkylation sites (tertiary alicyclic amines) is 1. The average molecular weight is 304 g/mol. The Morgan fingerprint density at radius 3 is 3.05 bits per heavy atom. The predicted octanol–water partition coefficient (Wildman–Crippen LogP) is 1.89. The molecule has 6 heteroatoms. The predicted molar refractivity (Wildman–Crippen MR) is 85.8 cm³/mol. The number of aromatic nitrogens is 3. The van der Waals surface area contributed by atoms with E-state index in [0.29, 0.717) is 17.5 Å². The summed E-state index contributed by atoms with van der Waals surface area (Å²) < 4.78 is 5.66. The van der Waals surface area contributed by atoms with Crippen molar-refractivity contribution in [1.82, 2.24) is 19.9 Å². The first kappa shape index (κ1) is 15.2. The van der Waals surface area contributed by atoms with Gasteiger partial charge in [-0.15, -0.1) is 0 Å². The summed E-state index contributed by atoms with van der Waals surface area (Å²) in [6, 6.07) is 0. The van der Waals surface area contributed by atoms with Gasteiger partial charge in [-0.1, -0.05) is 19.8 Å². The van der Waals surface area contributed by atoms with Crippen LogP contribution in [0.4, 0.5) is 0 Å². The first-order chi connectivity index (χ1) is 10.7. The fraction of sp³-hybridized carbons (Fsp3) is 0.625. The number of methoxy groups -OCH3 is 1. The third kappa shape index (κ3) is 2.94. The Hall–Kier alpha value is -1.66. The van der Waals surface area contributed by atoms with E-state index in [9.17, 15) is 4.79 Å². The summed E-state index contributed by atoms with van der Waals surface area (Å²) in [7, 11) is 1.81. The SMILES string of the molecule is CCCCC1CN(Cc2c[nH]c3c(=O)[nH]cnc23)CC1OC. The van der Waals surface area contributed by atoms with Crippen LogP contribution in [0.3, 0.4) is 0 Å². The van der Waals surface area contributed by atoms with Crippen LogP contribution in [0.2, 0.25) is 0 Å². The van der Waals surface area contributed by atoms with Gasteiger partial charge in [-0.05, 0) is 12.3 Å². The molecule has 3 heterocycles. The van der Waals surface area contributed by atoms with Crippen molar-refractivity contribution < 1.29 is 4.74 Å². The Morgan fingerprint density at radius 2 is 2.27 bits per heavy atom. The number of hydrogen-bond donors (Lipinski definition) is 2. The lowest BCUT2D eigenvalue weighted by Crippen LogP contribution is -2.22. The van der Waals surface area contributed by atoms with Crippen LogP contribution >= 0.6 is 0 Å². The van der Waals surface area contributed by atoms with E-state index in [1.807, 2.05) is 6.20 Å². The van der Waals surface area contributed by atoms with Crippen LogP contribution in [0, 0.1) is 5.92 Å². The fourth-order valence-corrected chi connectivity index (χ4v) is 3.43. The Kier molecular flexibility index (Phi) is 4.59. The van der Waals surface area contributed by atoms with Crippen LogP contribution < -0.4 is 5.56 Å². The minimum atomic E-state index is -0.117. The summed E-state index contributed by atoms with van der Waals surface area (Å²) in [5, 5.41) is 0. The van der Waals surface area contributed by atoms with Crippen molar-refractivity contribution in [1.29, 1.82) is 0 Å². The standard InChI is InChI=1S/C16H24N4O2/c1-3-4-5-11-7-20(9-13(11)22-2)8-12-6-17-15-14(12)18-10-19-16(15)21/h6,10-11,13,17H,3-5,7-9H2,1-2H3,(H,18,19,21). The van der Waals surface area contributed by atoms with Crippen LogP contribution in [0.5, 0.6) is 0 Å². The van der Waals surface area contributed by atoms with Crippen molar-refractivity contribution in [3.8, 4) is 0 Å². The maximum absolute atomic E-state index is 11.7.